The highest BCUT2D eigenvalue weighted by Gasteiger charge is 2.28. The van der Waals surface area contributed by atoms with Crippen LogP contribution >= 0.6 is 34.7 Å². The fourth-order valence-electron chi connectivity index (χ4n) is 3.75. The van der Waals surface area contributed by atoms with Crippen molar-refractivity contribution in [3.63, 3.8) is 0 Å². The summed E-state index contributed by atoms with van der Waals surface area (Å²) in [6, 6.07) is 7.42. The molecule has 0 atom stereocenters. The summed E-state index contributed by atoms with van der Waals surface area (Å²) in [7, 11) is 1.84. The van der Waals surface area contributed by atoms with Gasteiger partial charge in [-0.25, -0.2) is 4.79 Å². The Morgan fingerprint density at radius 3 is 2.76 bits per heavy atom. The van der Waals surface area contributed by atoms with Gasteiger partial charge >= 0.3 is 5.97 Å². The van der Waals surface area contributed by atoms with Crippen molar-refractivity contribution in [3.8, 4) is 11.4 Å². The van der Waals surface area contributed by atoms with Crippen molar-refractivity contribution < 1.29 is 14.3 Å². The van der Waals surface area contributed by atoms with E-state index >= 15 is 0 Å². The van der Waals surface area contributed by atoms with Crippen LogP contribution in [0, 0.1) is 0 Å². The fraction of sp³-hybridized carbons (Fsp3) is 0.391. The third-order valence-electron chi connectivity index (χ3n) is 5.25. The van der Waals surface area contributed by atoms with Gasteiger partial charge in [0, 0.05) is 17.5 Å². The molecule has 7 nitrogen and oxygen atoms in total. The Morgan fingerprint density at radius 2 is 2.00 bits per heavy atom. The van der Waals surface area contributed by atoms with E-state index in [-0.39, 0.29) is 23.7 Å². The van der Waals surface area contributed by atoms with Crippen molar-refractivity contribution in [1.82, 2.24) is 14.8 Å². The van der Waals surface area contributed by atoms with Crippen molar-refractivity contribution >= 4 is 51.6 Å². The predicted octanol–water partition coefficient (Wildman–Crippen LogP) is 5.37. The van der Waals surface area contributed by atoms with Crippen LogP contribution in [0.5, 0.6) is 0 Å². The first kappa shape index (κ1) is 23.8. The molecule has 1 aliphatic rings. The number of ether oxygens (including phenoxy) is 1. The summed E-state index contributed by atoms with van der Waals surface area (Å²) in [5.74, 6) is 0.188. The van der Waals surface area contributed by atoms with Crippen molar-refractivity contribution in [2.45, 2.75) is 50.8 Å². The minimum atomic E-state index is -0.370. The van der Waals surface area contributed by atoms with Crippen LogP contribution in [0.1, 0.15) is 47.5 Å². The molecule has 0 spiro atoms. The number of thioether (sulfide) groups is 1. The average Bonchev–Trinajstić information content (AvgIpc) is 3.32. The number of amides is 1. The van der Waals surface area contributed by atoms with Gasteiger partial charge in [-0.15, -0.1) is 21.5 Å². The Hall–Kier alpha value is -2.36. The number of rotatable bonds is 7. The summed E-state index contributed by atoms with van der Waals surface area (Å²) in [5, 5.41) is 13.1. The Bertz CT molecular complexity index is 1190. The molecule has 33 heavy (non-hydrogen) atoms. The first-order chi connectivity index (χ1) is 15.8. The van der Waals surface area contributed by atoms with Crippen LogP contribution < -0.4 is 5.32 Å². The lowest BCUT2D eigenvalue weighted by molar-refractivity contribution is -0.113. The Morgan fingerprint density at radius 1 is 1.24 bits per heavy atom. The fourth-order valence-corrected chi connectivity index (χ4v) is 5.98. The molecule has 2 heterocycles. The van der Waals surface area contributed by atoms with E-state index in [1.807, 2.05) is 43.7 Å². The third kappa shape index (κ3) is 5.26. The zero-order valence-corrected chi connectivity index (χ0v) is 21.1. The molecule has 10 heteroatoms. The summed E-state index contributed by atoms with van der Waals surface area (Å²) >= 11 is 9.05. The molecular weight excluding hydrogens is 480 g/mol. The summed E-state index contributed by atoms with van der Waals surface area (Å²) < 4.78 is 7.28. The van der Waals surface area contributed by atoms with E-state index in [0.29, 0.717) is 26.6 Å². The van der Waals surface area contributed by atoms with Gasteiger partial charge in [0.1, 0.15) is 5.00 Å². The highest BCUT2D eigenvalue weighted by molar-refractivity contribution is 7.99. The van der Waals surface area contributed by atoms with Crippen LogP contribution in [0.15, 0.2) is 29.4 Å². The number of carbonyl (C=O) groups is 2. The van der Waals surface area contributed by atoms with Crippen LogP contribution in [-0.2, 0) is 29.4 Å². The summed E-state index contributed by atoms with van der Waals surface area (Å²) in [6.45, 7) is 3.65. The standard InChI is InChI=1S/C23H25ClN4O3S2/c1-13(2)31-22(30)19-15-9-5-7-11-17(15)33-21(19)25-18(29)12-32-23-27-26-20(28(23)3)14-8-4-6-10-16(14)24/h4,6,8,10,13H,5,7,9,11-12H2,1-3H3,(H,25,29). The van der Waals surface area contributed by atoms with E-state index < -0.39 is 0 Å². The van der Waals surface area contributed by atoms with E-state index in [1.54, 1.807) is 6.07 Å². The Balaban J connectivity index is 1.47. The minimum absolute atomic E-state index is 0.135. The lowest BCUT2D eigenvalue weighted by atomic mass is 9.95. The number of nitrogens with zero attached hydrogens (tertiary/aromatic N) is 3. The monoisotopic (exact) mass is 504 g/mol. The SMILES string of the molecule is CC(C)OC(=O)c1c(NC(=O)CSc2nnc(-c3ccccc3Cl)n2C)sc2c1CCCC2. The summed E-state index contributed by atoms with van der Waals surface area (Å²) in [6.07, 6.45) is 3.67. The van der Waals surface area contributed by atoms with Crippen molar-refractivity contribution in [2.75, 3.05) is 11.1 Å². The molecule has 1 aliphatic carbocycles. The number of esters is 1. The van der Waals surface area contributed by atoms with Gasteiger partial charge < -0.3 is 14.6 Å². The van der Waals surface area contributed by atoms with Gasteiger partial charge in [-0.3, -0.25) is 4.79 Å². The minimum Gasteiger partial charge on any atom is -0.459 e. The molecule has 1 aromatic carbocycles. The van der Waals surface area contributed by atoms with Crippen LogP contribution in [0.2, 0.25) is 5.02 Å². The van der Waals surface area contributed by atoms with Gasteiger partial charge in [0.25, 0.3) is 0 Å². The van der Waals surface area contributed by atoms with Crippen molar-refractivity contribution in [1.29, 1.82) is 0 Å². The Kier molecular flexibility index (Phi) is 7.41. The molecule has 3 aromatic rings. The zero-order chi connectivity index (χ0) is 23.5. The van der Waals surface area contributed by atoms with Gasteiger partial charge in [0.2, 0.25) is 5.91 Å². The lowest BCUT2D eigenvalue weighted by Gasteiger charge is -2.14. The number of thiophene rings is 1. The number of nitrogens with one attached hydrogen (secondary N) is 1. The number of hydrogen-bond donors (Lipinski definition) is 1. The average molecular weight is 505 g/mol. The number of anilines is 1. The smallest absolute Gasteiger partial charge is 0.341 e. The number of carbonyl (C=O) groups excluding carboxylic acids is 2. The van der Waals surface area contributed by atoms with E-state index in [4.69, 9.17) is 16.3 Å². The van der Waals surface area contributed by atoms with E-state index in [0.717, 1.165) is 41.7 Å². The molecule has 0 bridgehead atoms. The topological polar surface area (TPSA) is 86.1 Å². The number of halogens is 1. The maximum atomic E-state index is 12.8. The van der Waals surface area contributed by atoms with Crippen LogP contribution in [0.3, 0.4) is 0 Å². The summed E-state index contributed by atoms with van der Waals surface area (Å²) in [5.41, 5.74) is 2.32. The molecule has 4 rings (SSSR count). The van der Waals surface area contributed by atoms with Gasteiger partial charge in [-0.05, 0) is 57.2 Å². The first-order valence-corrected chi connectivity index (χ1v) is 13.0. The third-order valence-corrected chi connectivity index (χ3v) is 7.81. The molecule has 0 saturated carbocycles. The molecule has 1 amide bonds. The number of benzene rings is 1. The molecule has 0 fully saturated rings. The Labute approximate surface area is 205 Å². The van der Waals surface area contributed by atoms with Gasteiger partial charge in [-0.2, -0.15) is 0 Å². The van der Waals surface area contributed by atoms with Gasteiger partial charge in [0.05, 0.1) is 22.4 Å². The number of hydrogen-bond acceptors (Lipinski definition) is 7. The van der Waals surface area contributed by atoms with E-state index in [2.05, 4.69) is 15.5 Å². The van der Waals surface area contributed by atoms with Crippen LogP contribution in [0.25, 0.3) is 11.4 Å². The predicted molar refractivity (Wildman–Crippen MR) is 132 cm³/mol. The molecule has 2 aromatic heterocycles. The second-order valence-electron chi connectivity index (χ2n) is 8.05. The molecule has 0 unspecified atom stereocenters. The zero-order valence-electron chi connectivity index (χ0n) is 18.7. The number of aryl methyl sites for hydroxylation is 1. The van der Waals surface area contributed by atoms with E-state index in [1.165, 1.54) is 23.1 Å². The molecule has 174 valence electrons. The van der Waals surface area contributed by atoms with Crippen LogP contribution in [0.4, 0.5) is 5.00 Å². The first-order valence-electron chi connectivity index (χ1n) is 10.8. The van der Waals surface area contributed by atoms with Crippen molar-refractivity contribution in [3.05, 3.63) is 45.3 Å². The molecule has 1 N–H and O–H groups in total. The van der Waals surface area contributed by atoms with Crippen molar-refractivity contribution in [2.24, 2.45) is 7.05 Å². The highest BCUT2D eigenvalue weighted by atomic mass is 35.5. The molecular formula is C23H25ClN4O3S2. The quantitative estimate of drug-likeness (QED) is 0.344. The lowest BCUT2D eigenvalue weighted by Crippen LogP contribution is -2.19. The maximum Gasteiger partial charge on any atom is 0.341 e. The molecule has 0 aliphatic heterocycles. The molecule has 0 radical (unpaired) electrons. The molecule has 0 saturated heterocycles. The second-order valence-corrected chi connectivity index (χ2v) is 10.5. The van der Waals surface area contributed by atoms with Crippen LogP contribution in [-0.4, -0.2) is 38.5 Å². The number of fused-ring (bicyclic) bond motifs is 1. The van der Waals surface area contributed by atoms with Gasteiger partial charge in [0.15, 0.2) is 11.0 Å². The maximum absolute atomic E-state index is 12.8. The number of aromatic nitrogens is 3. The van der Waals surface area contributed by atoms with E-state index in [9.17, 15) is 9.59 Å². The normalized spacial score (nSPS) is 13.1. The highest BCUT2D eigenvalue weighted by Crippen LogP contribution is 2.39. The van der Waals surface area contributed by atoms with Gasteiger partial charge in [-0.1, -0.05) is 35.5 Å². The largest absolute Gasteiger partial charge is 0.459 e. The second kappa shape index (κ2) is 10.3. The summed E-state index contributed by atoms with van der Waals surface area (Å²) in [4.78, 5) is 26.7.